The number of carbonyl (C=O) groups excluding carboxylic acids is 1. The van der Waals surface area contributed by atoms with Crippen molar-refractivity contribution >= 4 is 5.91 Å². The molecular formula is C17H16N4O2. The topological polar surface area (TPSA) is 80.9 Å². The first-order valence-electron chi connectivity index (χ1n) is 7.18. The fourth-order valence-corrected chi connectivity index (χ4v) is 2.09. The zero-order chi connectivity index (χ0) is 16.3. The first-order chi connectivity index (χ1) is 11.1. The predicted octanol–water partition coefficient (Wildman–Crippen LogP) is 2.80. The average molecular weight is 308 g/mol. The van der Waals surface area contributed by atoms with Gasteiger partial charge in [0.15, 0.2) is 0 Å². The van der Waals surface area contributed by atoms with Gasteiger partial charge in [-0.2, -0.15) is 4.98 Å². The molecule has 0 atom stereocenters. The van der Waals surface area contributed by atoms with E-state index in [-0.39, 0.29) is 5.91 Å². The summed E-state index contributed by atoms with van der Waals surface area (Å²) in [6.07, 6.45) is 3.32. The van der Waals surface area contributed by atoms with Gasteiger partial charge >= 0.3 is 0 Å². The quantitative estimate of drug-likeness (QED) is 0.801. The van der Waals surface area contributed by atoms with E-state index in [0.717, 1.165) is 5.56 Å². The third-order valence-electron chi connectivity index (χ3n) is 3.36. The van der Waals surface area contributed by atoms with E-state index >= 15 is 0 Å². The van der Waals surface area contributed by atoms with Crippen LogP contribution in [0.25, 0.3) is 11.4 Å². The Morgan fingerprint density at radius 2 is 1.78 bits per heavy atom. The highest BCUT2D eigenvalue weighted by Crippen LogP contribution is 2.22. The Kier molecular flexibility index (Phi) is 3.89. The Hall–Kier alpha value is -3.02. The molecule has 0 unspecified atom stereocenters. The lowest BCUT2D eigenvalue weighted by Crippen LogP contribution is -2.41. The van der Waals surface area contributed by atoms with Crippen LogP contribution in [0.2, 0.25) is 0 Å². The van der Waals surface area contributed by atoms with Gasteiger partial charge in [0.2, 0.25) is 5.82 Å². The second-order valence-corrected chi connectivity index (χ2v) is 5.60. The highest BCUT2D eigenvalue weighted by molar-refractivity contribution is 5.94. The molecule has 3 aromatic rings. The van der Waals surface area contributed by atoms with Gasteiger partial charge in [0.05, 0.1) is 0 Å². The average Bonchev–Trinajstić information content (AvgIpc) is 3.07. The van der Waals surface area contributed by atoms with Crippen LogP contribution in [0, 0.1) is 0 Å². The summed E-state index contributed by atoms with van der Waals surface area (Å²) >= 11 is 0. The molecule has 0 saturated heterocycles. The first kappa shape index (κ1) is 14.9. The summed E-state index contributed by atoms with van der Waals surface area (Å²) in [6, 6.07) is 12.6. The summed E-state index contributed by atoms with van der Waals surface area (Å²) in [7, 11) is 0. The molecule has 23 heavy (non-hydrogen) atoms. The zero-order valence-corrected chi connectivity index (χ0v) is 12.9. The maximum atomic E-state index is 12.3. The third-order valence-corrected chi connectivity index (χ3v) is 3.36. The van der Waals surface area contributed by atoms with E-state index in [0.29, 0.717) is 17.3 Å². The van der Waals surface area contributed by atoms with Crippen molar-refractivity contribution in [2.45, 2.75) is 19.4 Å². The molecular weight excluding hydrogens is 292 g/mol. The number of benzene rings is 1. The number of pyridine rings is 1. The summed E-state index contributed by atoms with van der Waals surface area (Å²) in [5.41, 5.74) is 0.597. The molecule has 0 spiro atoms. The summed E-state index contributed by atoms with van der Waals surface area (Å²) in [5.74, 6) is 0.609. The fraction of sp³-hybridized carbons (Fsp3) is 0.176. The lowest BCUT2D eigenvalue weighted by Gasteiger charge is -2.21. The van der Waals surface area contributed by atoms with Crippen LogP contribution in [0.4, 0.5) is 0 Å². The molecule has 3 rings (SSSR count). The number of hydrogen-bond acceptors (Lipinski definition) is 5. The molecule has 0 aliphatic carbocycles. The second-order valence-electron chi connectivity index (χ2n) is 5.60. The van der Waals surface area contributed by atoms with Crippen molar-refractivity contribution in [2.75, 3.05) is 0 Å². The smallest absolute Gasteiger partial charge is 0.252 e. The van der Waals surface area contributed by atoms with E-state index in [1.807, 2.05) is 32.0 Å². The van der Waals surface area contributed by atoms with Crippen molar-refractivity contribution in [1.29, 1.82) is 0 Å². The normalized spacial score (nSPS) is 11.2. The van der Waals surface area contributed by atoms with Crippen LogP contribution in [0.15, 0.2) is 59.4 Å². The molecule has 0 fully saturated rings. The number of aromatic nitrogens is 3. The minimum absolute atomic E-state index is 0.195. The lowest BCUT2D eigenvalue weighted by molar-refractivity contribution is 0.0895. The molecule has 1 aromatic carbocycles. The number of hydrogen-bond donors (Lipinski definition) is 1. The highest BCUT2D eigenvalue weighted by Gasteiger charge is 2.30. The monoisotopic (exact) mass is 308 g/mol. The predicted molar refractivity (Wildman–Crippen MR) is 84.5 cm³/mol. The largest absolute Gasteiger partial charge is 0.338 e. The van der Waals surface area contributed by atoms with Crippen molar-refractivity contribution < 1.29 is 9.32 Å². The lowest BCUT2D eigenvalue weighted by atomic mass is 10.0. The molecule has 0 saturated carbocycles. The van der Waals surface area contributed by atoms with Crippen LogP contribution < -0.4 is 5.32 Å². The first-order valence-corrected chi connectivity index (χ1v) is 7.18. The summed E-state index contributed by atoms with van der Waals surface area (Å²) in [6.45, 7) is 3.63. The Balaban J connectivity index is 1.80. The minimum Gasteiger partial charge on any atom is -0.338 e. The third kappa shape index (κ3) is 3.26. The number of rotatable bonds is 4. The standard InChI is InChI=1S/C17H16N4O2/c1-17(2,20-15(22)13-6-4-3-5-7-13)16-19-14(21-23-16)12-8-10-18-11-9-12/h3-11H,1-2H3,(H,20,22). The molecule has 1 N–H and O–H groups in total. The van der Waals surface area contributed by atoms with Crippen molar-refractivity contribution in [2.24, 2.45) is 0 Å². The summed E-state index contributed by atoms with van der Waals surface area (Å²) < 4.78 is 5.32. The molecule has 116 valence electrons. The van der Waals surface area contributed by atoms with Gasteiger partial charge < -0.3 is 9.84 Å². The Labute approximate surface area is 133 Å². The van der Waals surface area contributed by atoms with Gasteiger partial charge in [-0.25, -0.2) is 0 Å². The number of nitrogens with one attached hydrogen (secondary N) is 1. The fourth-order valence-electron chi connectivity index (χ4n) is 2.09. The molecule has 6 heteroatoms. The van der Waals surface area contributed by atoms with Gasteiger partial charge in [-0.3, -0.25) is 9.78 Å². The molecule has 2 heterocycles. The highest BCUT2D eigenvalue weighted by atomic mass is 16.5. The van der Waals surface area contributed by atoms with E-state index in [9.17, 15) is 4.79 Å². The molecule has 0 bridgehead atoms. The maximum Gasteiger partial charge on any atom is 0.252 e. The van der Waals surface area contributed by atoms with Crippen molar-refractivity contribution in [3.63, 3.8) is 0 Å². The van der Waals surface area contributed by atoms with E-state index in [1.165, 1.54) is 0 Å². The van der Waals surface area contributed by atoms with Gasteiger partial charge in [0.1, 0.15) is 5.54 Å². The van der Waals surface area contributed by atoms with Gasteiger partial charge in [-0.15, -0.1) is 0 Å². The van der Waals surface area contributed by atoms with Crippen molar-refractivity contribution in [3.8, 4) is 11.4 Å². The van der Waals surface area contributed by atoms with E-state index in [2.05, 4.69) is 20.4 Å². The van der Waals surface area contributed by atoms with E-state index in [4.69, 9.17) is 4.52 Å². The SMILES string of the molecule is CC(C)(NC(=O)c1ccccc1)c1nc(-c2ccncc2)no1. The zero-order valence-electron chi connectivity index (χ0n) is 12.9. The van der Waals surface area contributed by atoms with Crippen LogP contribution in [-0.2, 0) is 5.54 Å². The molecule has 0 radical (unpaired) electrons. The van der Waals surface area contributed by atoms with Crippen LogP contribution in [0.5, 0.6) is 0 Å². The molecule has 0 aliphatic heterocycles. The van der Waals surface area contributed by atoms with Gasteiger partial charge in [-0.1, -0.05) is 23.4 Å². The van der Waals surface area contributed by atoms with Gasteiger partial charge in [0.25, 0.3) is 11.8 Å². The molecule has 2 aromatic heterocycles. The Morgan fingerprint density at radius 3 is 2.48 bits per heavy atom. The number of carbonyl (C=O) groups is 1. The summed E-state index contributed by atoms with van der Waals surface area (Å²) in [5, 5.41) is 6.87. The minimum atomic E-state index is -0.787. The second kappa shape index (κ2) is 6.00. The van der Waals surface area contributed by atoms with Crippen LogP contribution >= 0.6 is 0 Å². The number of nitrogens with zero attached hydrogens (tertiary/aromatic N) is 3. The van der Waals surface area contributed by atoms with E-state index in [1.54, 1.807) is 36.7 Å². The van der Waals surface area contributed by atoms with Crippen LogP contribution in [0.1, 0.15) is 30.1 Å². The van der Waals surface area contributed by atoms with Crippen LogP contribution in [0.3, 0.4) is 0 Å². The maximum absolute atomic E-state index is 12.3. The molecule has 0 aliphatic rings. The van der Waals surface area contributed by atoms with Crippen molar-refractivity contribution in [3.05, 3.63) is 66.3 Å². The van der Waals surface area contributed by atoms with Gasteiger partial charge in [-0.05, 0) is 38.1 Å². The van der Waals surface area contributed by atoms with E-state index < -0.39 is 5.54 Å². The molecule has 6 nitrogen and oxygen atoms in total. The van der Waals surface area contributed by atoms with Gasteiger partial charge in [0, 0.05) is 23.5 Å². The number of amides is 1. The Morgan fingerprint density at radius 1 is 1.09 bits per heavy atom. The Bertz CT molecular complexity index is 798. The summed E-state index contributed by atoms with van der Waals surface area (Å²) in [4.78, 5) is 20.6. The molecule has 1 amide bonds. The van der Waals surface area contributed by atoms with Crippen LogP contribution in [-0.4, -0.2) is 21.0 Å². The van der Waals surface area contributed by atoms with Crippen molar-refractivity contribution in [1.82, 2.24) is 20.4 Å².